The third-order valence-corrected chi connectivity index (χ3v) is 16.5. The van der Waals surface area contributed by atoms with Crippen LogP contribution < -0.4 is 8.79 Å². The molecule has 9 heteroatoms. The molecule has 52 heavy (non-hydrogen) atoms. The van der Waals surface area contributed by atoms with Crippen molar-refractivity contribution < 1.29 is 23.9 Å². The van der Waals surface area contributed by atoms with Gasteiger partial charge in [0.2, 0.25) is 0 Å². The Labute approximate surface area is 319 Å². The van der Waals surface area contributed by atoms with Gasteiger partial charge in [-0.2, -0.15) is 0 Å². The molecule has 0 aliphatic carbocycles. The predicted molar refractivity (Wildman–Crippen MR) is 211 cm³/mol. The number of hydrogen-bond acceptors (Lipinski definition) is 5. The van der Waals surface area contributed by atoms with Gasteiger partial charge in [0.15, 0.2) is 0 Å². The minimum atomic E-state index is -2.40. The molecular formula is C43H26GeN5ORhS. The van der Waals surface area contributed by atoms with Gasteiger partial charge in [-0.3, -0.25) is 0 Å². The first-order valence-corrected chi connectivity index (χ1v) is 20.7. The molecule has 0 amide bonds. The van der Waals surface area contributed by atoms with Crippen LogP contribution in [0.5, 0.6) is 0 Å². The summed E-state index contributed by atoms with van der Waals surface area (Å²) in [5.41, 5.74) is 9.40. The number of rotatable bonds is 5. The molecule has 0 fully saturated rings. The van der Waals surface area contributed by atoms with Crippen molar-refractivity contribution in [3.63, 3.8) is 0 Å². The molecule has 0 aliphatic rings. The van der Waals surface area contributed by atoms with Gasteiger partial charge in [-0.25, -0.2) is 0 Å². The molecule has 7 aromatic heterocycles. The summed E-state index contributed by atoms with van der Waals surface area (Å²) in [6.45, 7) is 0. The zero-order chi connectivity index (χ0) is 33.5. The second-order valence-electron chi connectivity index (χ2n) is 12.7. The summed E-state index contributed by atoms with van der Waals surface area (Å²) in [5.74, 6) is 0. The molecular weight excluding hydrogens is 810 g/mol. The van der Waals surface area contributed by atoms with Crippen LogP contribution in [0.15, 0.2) is 162 Å². The van der Waals surface area contributed by atoms with E-state index >= 15 is 0 Å². The average molecular weight is 836 g/mol. The number of aromatic nitrogens is 5. The number of fused-ring (bicyclic) bond motifs is 9. The molecule has 0 saturated heterocycles. The maximum absolute atomic E-state index is 6.17. The van der Waals surface area contributed by atoms with Gasteiger partial charge in [0.25, 0.3) is 0 Å². The number of pyridine rings is 3. The van der Waals surface area contributed by atoms with Crippen LogP contribution in [-0.2, 0) is 19.5 Å². The van der Waals surface area contributed by atoms with Crippen molar-refractivity contribution in [3.05, 3.63) is 158 Å². The van der Waals surface area contributed by atoms with E-state index in [2.05, 4.69) is 128 Å². The molecule has 0 spiro atoms. The SMILES string of the molecule is [Rh].c1cc[c]([Ge]([c]2ccccc2)[n]2c3ccccc3c3sc4cc5c6ccccc6n(-c6coc7ccc(-c8ccccn8)nc67)c5nc4c32)cc1. The molecule has 0 N–H and O–H groups in total. The number of thiophene rings is 1. The van der Waals surface area contributed by atoms with E-state index in [4.69, 9.17) is 14.4 Å². The van der Waals surface area contributed by atoms with Crippen LogP contribution in [0.25, 0.3) is 81.4 Å². The summed E-state index contributed by atoms with van der Waals surface area (Å²) >= 11 is -0.554. The molecule has 0 unspecified atom stereocenters. The van der Waals surface area contributed by atoms with E-state index in [0.29, 0.717) is 0 Å². The molecule has 0 saturated carbocycles. The van der Waals surface area contributed by atoms with Crippen LogP contribution in [0, 0.1) is 0 Å². The fourth-order valence-corrected chi connectivity index (χ4v) is 14.7. The molecule has 248 valence electrons. The molecule has 6 nitrogen and oxygen atoms in total. The first kappa shape index (κ1) is 31.3. The number of furan rings is 1. The van der Waals surface area contributed by atoms with E-state index in [1.165, 1.54) is 34.6 Å². The molecule has 11 aromatic rings. The quantitative estimate of drug-likeness (QED) is 0.162. The van der Waals surface area contributed by atoms with Gasteiger partial charge in [-0.05, 0) is 6.07 Å². The third-order valence-electron chi connectivity index (χ3n) is 9.76. The van der Waals surface area contributed by atoms with Gasteiger partial charge in [0.05, 0.1) is 0 Å². The van der Waals surface area contributed by atoms with E-state index in [0.717, 1.165) is 55.6 Å². The van der Waals surface area contributed by atoms with Crippen molar-refractivity contribution in [2.75, 3.05) is 0 Å². The third kappa shape index (κ3) is 4.68. The second kappa shape index (κ2) is 12.4. The normalized spacial score (nSPS) is 11.9. The van der Waals surface area contributed by atoms with Crippen LogP contribution in [0.3, 0.4) is 0 Å². The van der Waals surface area contributed by atoms with Crippen molar-refractivity contribution in [2.45, 2.75) is 0 Å². The summed E-state index contributed by atoms with van der Waals surface area (Å²) in [7, 11) is 0. The molecule has 0 aliphatic heterocycles. The standard InChI is InChI=1S/C43H26GeN5OS.Rh/c1-3-13-27(14-4-1)44(28-15-5-2-6-16-28)49-35-21-10-8-18-30(35)42-41(49)40-38(51-42)25-31-29-17-7-9-20-34(29)48(43(31)47-40)36-26-50-37-23-22-33(46-39(36)37)32-19-11-12-24-45-32;/h1-26H;. The van der Waals surface area contributed by atoms with E-state index in [1.807, 2.05) is 47.9 Å². The maximum atomic E-state index is 6.17. The van der Waals surface area contributed by atoms with Crippen LogP contribution >= 0.6 is 11.3 Å². The van der Waals surface area contributed by atoms with Crippen molar-refractivity contribution in [2.24, 2.45) is 0 Å². The molecule has 0 bridgehead atoms. The molecule has 0 atom stereocenters. The minimum absolute atomic E-state index is 0. The zero-order valence-electron chi connectivity index (χ0n) is 27.4. The van der Waals surface area contributed by atoms with E-state index in [1.54, 1.807) is 6.20 Å². The Bertz CT molecular complexity index is 3060. The van der Waals surface area contributed by atoms with Crippen molar-refractivity contribution in [1.29, 1.82) is 0 Å². The fraction of sp³-hybridized carbons (Fsp3) is 0. The Kier molecular flexibility index (Phi) is 7.46. The Morgan fingerprint density at radius 2 is 1.29 bits per heavy atom. The van der Waals surface area contributed by atoms with Crippen molar-refractivity contribution in [3.8, 4) is 17.1 Å². The Hall–Kier alpha value is -5.40. The summed E-state index contributed by atoms with van der Waals surface area (Å²) < 4.78 is 16.3. The van der Waals surface area contributed by atoms with Gasteiger partial charge in [0, 0.05) is 25.7 Å². The number of nitrogens with zero attached hydrogens (tertiary/aromatic N) is 5. The first-order chi connectivity index (χ1) is 25.3. The second-order valence-corrected chi connectivity index (χ2v) is 18.5. The topological polar surface area (TPSA) is 61.7 Å². The van der Waals surface area contributed by atoms with Gasteiger partial charge in [-0.1, -0.05) is 6.07 Å². The number of hydrogen-bond donors (Lipinski definition) is 0. The van der Waals surface area contributed by atoms with Crippen LogP contribution in [0.2, 0.25) is 0 Å². The Morgan fingerprint density at radius 1 is 0.596 bits per heavy atom. The summed E-state index contributed by atoms with van der Waals surface area (Å²) in [6, 6.07) is 51.7. The van der Waals surface area contributed by atoms with Crippen LogP contribution in [-0.4, -0.2) is 37.6 Å². The van der Waals surface area contributed by atoms with Crippen LogP contribution in [0.1, 0.15) is 0 Å². The van der Waals surface area contributed by atoms with Crippen LogP contribution in [0.4, 0.5) is 0 Å². The number of benzene rings is 4. The summed E-state index contributed by atoms with van der Waals surface area (Å²) in [6.07, 6.45) is 3.61. The number of para-hydroxylation sites is 2. The fourth-order valence-electron chi connectivity index (χ4n) is 7.56. The van der Waals surface area contributed by atoms with Gasteiger partial charge in [0.1, 0.15) is 0 Å². The molecule has 11 rings (SSSR count). The molecule has 4 aromatic carbocycles. The molecule has 7 heterocycles. The summed E-state index contributed by atoms with van der Waals surface area (Å²) in [4.78, 5) is 15.3. The zero-order valence-corrected chi connectivity index (χ0v) is 32.0. The Balaban J connectivity index is 0.00000338. The Morgan fingerprint density at radius 3 is 2.04 bits per heavy atom. The van der Waals surface area contributed by atoms with Crippen molar-refractivity contribution in [1.82, 2.24) is 23.0 Å². The predicted octanol–water partition coefficient (Wildman–Crippen LogP) is 9.36. The van der Waals surface area contributed by atoms with E-state index in [-0.39, 0.29) is 19.5 Å². The average Bonchev–Trinajstić information content (AvgIpc) is 3.94. The summed E-state index contributed by atoms with van der Waals surface area (Å²) in [5, 5.41) is 3.53. The first-order valence-electron chi connectivity index (χ1n) is 16.9. The van der Waals surface area contributed by atoms with E-state index < -0.39 is 14.6 Å². The van der Waals surface area contributed by atoms with E-state index in [9.17, 15) is 0 Å². The van der Waals surface area contributed by atoms with Crippen molar-refractivity contribution >= 4 is 99.1 Å². The van der Waals surface area contributed by atoms with Gasteiger partial charge < -0.3 is 0 Å². The monoisotopic (exact) mass is 837 g/mol. The van der Waals surface area contributed by atoms with Gasteiger partial charge in [-0.15, -0.1) is 0 Å². The molecule has 2 radical (unpaired) electrons. The van der Waals surface area contributed by atoms with Gasteiger partial charge >= 0.3 is 283 Å².